The summed E-state index contributed by atoms with van der Waals surface area (Å²) in [7, 11) is -1.25. The molecule has 1 unspecified atom stereocenters. The number of sulfone groups is 1. The molecule has 0 amide bonds. The Balaban J connectivity index is 0.00000364. The molecule has 1 heterocycles. The first kappa shape index (κ1) is 23.4. The molecule has 0 spiro atoms. The van der Waals surface area contributed by atoms with Crippen LogP contribution in [0.1, 0.15) is 24.5 Å². The van der Waals surface area contributed by atoms with Gasteiger partial charge in [0.05, 0.1) is 12.1 Å². The van der Waals surface area contributed by atoms with Gasteiger partial charge in [0, 0.05) is 44.8 Å². The van der Waals surface area contributed by atoms with Gasteiger partial charge in [-0.1, -0.05) is 24.3 Å². The Morgan fingerprint density at radius 2 is 2.07 bits per heavy atom. The van der Waals surface area contributed by atoms with Crippen molar-refractivity contribution in [2.24, 2.45) is 4.99 Å². The standard InChI is InChI=1S/C18H27N5O2S.HI/c1-15(7-10-26(3,24)25)22-18(19-2)21-12-16-5-4-6-17(11-16)13-23-9-8-20-14-23;/h4-6,8-9,11,14-15H,7,10,12-13H2,1-3H3,(H2,19,21,22);1H. The van der Waals surface area contributed by atoms with E-state index in [0.717, 1.165) is 12.1 Å². The molecule has 1 atom stereocenters. The first-order valence-corrected chi connectivity index (χ1v) is 10.6. The molecule has 1 aromatic carbocycles. The van der Waals surface area contributed by atoms with Crippen LogP contribution >= 0.6 is 24.0 Å². The van der Waals surface area contributed by atoms with Gasteiger partial charge in [0.15, 0.2) is 5.96 Å². The van der Waals surface area contributed by atoms with E-state index in [1.54, 1.807) is 19.6 Å². The average molecular weight is 505 g/mol. The number of halogens is 1. The molecule has 0 aliphatic rings. The van der Waals surface area contributed by atoms with Crippen molar-refractivity contribution < 1.29 is 8.42 Å². The first-order valence-electron chi connectivity index (χ1n) is 8.54. The van der Waals surface area contributed by atoms with Crippen molar-refractivity contribution in [3.63, 3.8) is 0 Å². The minimum atomic E-state index is -2.95. The molecule has 1 aromatic heterocycles. The van der Waals surface area contributed by atoms with Crippen molar-refractivity contribution >= 4 is 39.8 Å². The predicted octanol–water partition coefficient (Wildman–Crippen LogP) is 2.04. The zero-order valence-corrected chi connectivity index (χ0v) is 19.1. The van der Waals surface area contributed by atoms with Crippen molar-refractivity contribution in [3.8, 4) is 0 Å². The lowest BCUT2D eigenvalue weighted by Crippen LogP contribution is -2.42. The molecule has 7 nitrogen and oxygen atoms in total. The minimum Gasteiger partial charge on any atom is -0.354 e. The van der Waals surface area contributed by atoms with E-state index >= 15 is 0 Å². The van der Waals surface area contributed by atoms with Gasteiger partial charge >= 0.3 is 0 Å². The van der Waals surface area contributed by atoms with Crippen molar-refractivity contribution in [1.29, 1.82) is 0 Å². The molecule has 2 N–H and O–H groups in total. The third-order valence-electron chi connectivity index (χ3n) is 3.90. The lowest BCUT2D eigenvalue weighted by atomic mass is 10.1. The Morgan fingerprint density at radius 1 is 1.33 bits per heavy atom. The summed E-state index contributed by atoms with van der Waals surface area (Å²) in [5.74, 6) is 0.820. The molecule has 150 valence electrons. The van der Waals surface area contributed by atoms with Crippen LogP contribution in [0.4, 0.5) is 0 Å². The molecule has 0 aliphatic heterocycles. The van der Waals surface area contributed by atoms with Crippen LogP contribution in [-0.2, 0) is 22.9 Å². The maximum absolute atomic E-state index is 11.3. The Labute approximate surface area is 178 Å². The van der Waals surface area contributed by atoms with Gasteiger partial charge in [0.25, 0.3) is 0 Å². The molecule has 0 fully saturated rings. The molecule has 0 radical (unpaired) electrons. The minimum absolute atomic E-state index is 0. The molecule has 0 saturated heterocycles. The first-order chi connectivity index (χ1) is 12.4. The SMILES string of the molecule is CN=C(NCc1cccc(Cn2ccnc2)c1)NC(C)CCS(C)(=O)=O.I. The Bertz CT molecular complexity index is 822. The Morgan fingerprint density at radius 3 is 2.70 bits per heavy atom. The maximum atomic E-state index is 11.3. The summed E-state index contributed by atoms with van der Waals surface area (Å²) in [6.07, 6.45) is 7.30. The number of nitrogens with zero attached hydrogens (tertiary/aromatic N) is 3. The number of aromatic nitrogens is 2. The van der Waals surface area contributed by atoms with E-state index < -0.39 is 9.84 Å². The zero-order valence-electron chi connectivity index (χ0n) is 15.9. The summed E-state index contributed by atoms with van der Waals surface area (Å²) < 4.78 is 24.6. The smallest absolute Gasteiger partial charge is 0.191 e. The second-order valence-corrected chi connectivity index (χ2v) is 8.70. The lowest BCUT2D eigenvalue weighted by Gasteiger charge is -2.18. The second kappa shape index (κ2) is 11.3. The molecule has 27 heavy (non-hydrogen) atoms. The number of hydrogen-bond donors (Lipinski definition) is 2. The maximum Gasteiger partial charge on any atom is 0.191 e. The van der Waals surface area contributed by atoms with Crippen LogP contribution in [0.25, 0.3) is 0 Å². The van der Waals surface area contributed by atoms with Crippen molar-refractivity contribution in [2.75, 3.05) is 19.1 Å². The third-order valence-corrected chi connectivity index (χ3v) is 4.88. The summed E-state index contributed by atoms with van der Waals surface area (Å²) in [6.45, 7) is 3.36. The highest BCUT2D eigenvalue weighted by atomic mass is 127. The zero-order chi connectivity index (χ0) is 19.0. The fourth-order valence-corrected chi connectivity index (χ4v) is 3.29. The molecule has 2 rings (SSSR count). The van der Waals surface area contributed by atoms with Crippen LogP contribution < -0.4 is 10.6 Å². The number of nitrogens with one attached hydrogen (secondary N) is 2. The van der Waals surface area contributed by atoms with E-state index in [4.69, 9.17) is 0 Å². The van der Waals surface area contributed by atoms with E-state index in [1.165, 1.54) is 11.8 Å². The van der Waals surface area contributed by atoms with E-state index in [0.29, 0.717) is 18.9 Å². The van der Waals surface area contributed by atoms with Crippen LogP contribution in [0.3, 0.4) is 0 Å². The van der Waals surface area contributed by atoms with Gasteiger partial charge in [-0.2, -0.15) is 0 Å². The highest BCUT2D eigenvalue weighted by Gasteiger charge is 2.09. The molecule has 0 bridgehead atoms. The molecule has 0 aliphatic carbocycles. The van der Waals surface area contributed by atoms with Gasteiger partial charge in [0.2, 0.25) is 0 Å². The molecular formula is C18H28IN5O2S. The van der Waals surface area contributed by atoms with Gasteiger partial charge in [-0.25, -0.2) is 13.4 Å². The van der Waals surface area contributed by atoms with Crippen LogP contribution in [0.2, 0.25) is 0 Å². The quantitative estimate of drug-likeness (QED) is 0.326. The predicted molar refractivity (Wildman–Crippen MR) is 120 cm³/mol. The number of rotatable bonds is 8. The van der Waals surface area contributed by atoms with Gasteiger partial charge in [-0.05, 0) is 24.5 Å². The van der Waals surface area contributed by atoms with Crippen molar-refractivity contribution in [1.82, 2.24) is 20.2 Å². The van der Waals surface area contributed by atoms with Crippen molar-refractivity contribution in [3.05, 3.63) is 54.1 Å². The van der Waals surface area contributed by atoms with Gasteiger partial charge in [-0.15, -0.1) is 24.0 Å². The largest absolute Gasteiger partial charge is 0.354 e. The fraction of sp³-hybridized carbons (Fsp3) is 0.444. The molecule has 9 heteroatoms. The number of aliphatic imine (C=N–C) groups is 1. The van der Waals surface area contributed by atoms with E-state index in [-0.39, 0.29) is 35.8 Å². The summed E-state index contributed by atoms with van der Waals surface area (Å²) >= 11 is 0. The fourth-order valence-electron chi connectivity index (χ4n) is 2.51. The Hall–Kier alpha value is -1.62. The van der Waals surface area contributed by atoms with Crippen LogP contribution in [0, 0.1) is 0 Å². The highest BCUT2D eigenvalue weighted by Crippen LogP contribution is 2.07. The summed E-state index contributed by atoms with van der Waals surface area (Å²) in [5, 5.41) is 6.49. The van der Waals surface area contributed by atoms with Gasteiger partial charge in [0.1, 0.15) is 9.84 Å². The summed E-state index contributed by atoms with van der Waals surface area (Å²) in [6, 6.07) is 8.35. The summed E-state index contributed by atoms with van der Waals surface area (Å²) in [5.41, 5.74) is 2.35. The van der Waals surface area contributed by atoms with Gasteiger partial charge in [-0.3, -0.25) is 4.99 Å². The molecular weight excluding hydrogens is 477 g/mol. The van der Waals surface area contributed by atoms with Crippen molar-refractivity contribution in [2.45, 2.75) is 32.5 Å². The number of imidazole rings is 1. The van der Waals surface area contributed by atoms with E-state index in [9.17, 15) is 8.42 Å². The third kappa shape index (κ3) is 9.23. The van der Waals surface area contributed by atoms with Crippen LogP contribution in [0.15, 0.2) is 48.0 Å². The number of hydrogen-bond acceptors (Lipinski definition) is 4. The lowest BCUT2D eigenvalue weighted by molar-refractivity contribution is 0.581. The Kier molecular flexibility index (Phi) is 9.78. The molecule has 2 aromatic rings. The number of guanidine groups is 1. The van der Waals surface area contributed by atoms with E-state index in [2.05, 4.69) is 38.8 Å². The molecule has 0 saturated carbocycles. The van der Waals surface area contributed by atoms with Gasteiger partial charge < -0.3 is 15.2 Å². The highest BCUT2D eigenvalue weighted by molar-refractivity contribution is 14.0. The van der Waals surface area contributed by atoms with E-state index in [1.807, 2.05) is 23.8 Å². The normalized spacial score (nSPS) is 12.9. The second-order valence-electron chi connectivity index (χ2n) is 6.44. The summed E-state index contributed by atoms with van der Waals surface area (Å²) in [4.78, 5) is 8.26. The number of benzene rings is 1. The van der Waals surface area contributed by atoms with Crippen LogP contribution in [-0.4, -0.2) is 49.0 Å². The topological polar surface area (TPSA) is 88.4 Å². The average Bonchev–Trinajstić information content (AvgIpc) is 3.09. The monoisotopic (exact) mass is 505 g/mol. The van der Waals surface area contributed by atoms with Crippen LogP contribution in [0.5, 0.6) is 0 Å².